The van der Waals surface area contributed by atoms with Crippen molar-refractivity contribution in [2.45, 2.75) is 33.4 Å². The molecule has 0 saturated heterocycles. The van der Waals surface area contributed by atoms with Gasteiger partial charge in [0.15, 0.2) is 0 Å². The van der Waals surface area contributed by atoms with Crippen LogP contribution in [-0.2, 0) is 9.53 Å². The van der Waals surface area contributed by atoms with Crippen LogP contribution < -0.4 is 0 Å². The summed E-state index contributed by atoms with van der Waals surface area (Å²) in [7, 11) is 0. The molecule has 0 aliphatic heterocycles. The second-order valence-electron chi connectivity index (χ2n) is 5.19. The van der Waals surface area contributed by atoms with Crippen LogP contribution >= 0.6 is 0 Å². The normalized spacial score (nSPS) is 14.2. The van der Waals surface area contributed by atoms with E-state index < -0.39 is 17.1 Å². The van der Waals surface area contributed by atoms with E-state index in [2.05, 4.69) is 4.99 Å². The van der Waals surface area contributed by atoms with Crippen LogP contribution in [0.3, 0.4) is 0 Å². The Kier molecular flexibility index (Phi) is 4.04. The number of isocyanates is 1. The SMILES string of the molecule is CC(C)(C)C(C)(N=C=O)OC(=O)c1ccccc1. The van der Waals surface area contributed by atoms with Crippen molar-refractivity contribution < 1.29 is 14.3 Å². The van der Waals surface area contributed by atoms with Gasteiger partial charge < -0.3 is 4.74 Å². The minimum atomic E-state index is -1.23. The summed E-state index contributed by atoms with van der Waals surface area (Å²) < 4.78 is 5.36. The van der Waals surface area contributed by atoms with Crippen molar-refractivity contribution in [3.05, 3.63) is 35.9 Å². The highest BCUT2D eigenvalue weighted by molar-refractivity contribution is 5.89. The van der Waals surface area contributed by atoms with Crippen LogP contribution in [0.2, 0.25) is 0 Å². The molecule has 0 aliphatic carbocycles. The van der Waals surface area contributed by atoms with Crippen LogP contribution in [-0.4, -0.2) is 17.8 Å². The number of carbonyl (C=O) groups excluding carboxylic acids is 2. The molecular weight excluding hydrogens is 230 g/mol. The Morgan fingerprint density at radius 3 is 2.17 bits per heavy atom. The highest BCUT2D eigenvalue weighted by Crippen LogP contribution is 2.35. The predicted molar refractivity (Wildman–Crippen MR) is 67.8 cm³/mol. The predicted octanol–water partition coefficient (Wildman–Crippen LogP) is 2.94. The Bertz CT molecular complexity index is 470. The molecule has 0 heterocycles. The molecule has 0 saturated carbocycles. The first-order chi connectivity index (χ1) is 8.30. The van der Waals surface area contributed by atoms with Gasteiger partial charge in [-0.1, -0.05) is 39.0 Å². The fourth-order valence-corrected chi connectivity index (χ4v) is 1.24. The molecule has 1 aromatic carbocycles. The number of esters is 1. The maximum Gasteiger partial charge on any atom is 0.340 e. The molecule has 0 radical (unpaired) electrons. The molecule has 1 atom stereocenters. The number of hydrogen-bond acceptors (Lipinski definition) is 4. The Labute approximate surface area is 107 Å². The maximum absolute atomic E-state index is 12.0. The number of ether oxygens (including phenoxy) is 1. The Morgan fingerprint density at radius 2 is 1.72 bits per heavy atom. The molecule has 0 aromatic heterocycles. The van der Waals surface area contributed by atoms with Gasteiger partial charge in [-0.2, -0.15) is 4.99 Å². The van der Waals surface area contributed by atoms with Crippen molar-refractivity contribution in [2.24, 2.45) is 10.4 Å². The van der Waals surface area contributed by atoms with Crippen molar-refractivity contribution in [1.82, 2.24) is 0 Å². The number of aliphatic imine (C=N–C) groups is 1. The monoisotopic (exact) mass is 247 g/mol. The van der Waals surface area contributed by atoms with E-state index in [-0.39, 0.29) is 0 Å². The molecule has 0 spiro atoms. The topological polar surface area (TPSA) is 55.7 Å². The van der Waals surface area contributed by atoms with Gasteiger partial charge in [-0.05, 0) is 19.1 Å². The van der Waals surface area contributed by atoms with Crippen molar-refractivity contribution in [3.63, 3.8) is 0 Å². The van der Waals surface area contributed by atoms with E-state index in [1.807, 2.05) is 26.8 Å². The van der Waals surface area contributed by atoms with Crippen LogP contribution in [0.5, 0.6) is 0 Å². The molecule has 1 unspecified atom stereocenters. The van der Waals surface area contributed by atoms with Crippen LogP contribution in [0.15, 0.2) is 35.3 Å². The Morgan fingerprint density at radius 1 is 1.17 bits per heavy atom. The molecule has 0 amide bonds. The highest BCUT2D eigenvalue weighted by atomic mass is 16.6. The van der Waals surface area contributed by atoms with Gasteiger partial charge in [-0.15, -0.1) is 0 Å². The smallest absolute Gasteiger partial charge is 0.340 e. The van der Waals surface area contributed by atoms with E-state index in [4.69, 9.17) is 4.74 Å². The standard InChI is InChI=1S/C14H17NO3/c1-13(2,3)14(4,15-10-16)18-12(17)11-8-6-5-7-9-11/h5-9H,1-4H3. The third-order valence-electron chi connectivity index (χ3n) is 2.95. The van der Waals surface area contributed by atoms with Gasteiger partial charge in [0.1, 0.15) is 0 Å². The van der Waals surface area contributed by atoms with Crippen LogP contribution in [0.4, 0.5) is 0 Å². The summed E-state index contributed by atoms with van der Waals surface area (Å²) in [6.45, 7) is 7.11. The summed E-state index contributed by atoms with van der Waals surface area (Å²) in [5.74, 6) is -0.507. The largest absolute Gasteiger partial charge is 0.432 e. The van der Waals surface area contributed by atoms with E-state index in [1.54, 1.807) is 31.2 Å². The van der Waals surface area contributed by atoms with E-state index in [0.717, 1.165) is 0 Å². The number of rotatable bonds is 3. The average molecular weight is 247 g/mol. The first-order valence-corrected chi connectivity index (χ1v) is 5.67. The first kappa shape index (κ1) is 14.1. The van der Waals surface area contributed by atoms with E-state index in [0.29, 0.717) is 5.56 Å². The number of hydrogen-bond donors (Lipinski definition) is 0. The maximum atomic E-state index is 12.0. The zero-order chi connectivity index (χ0) is 13.8. The van der Waals surface area contributed by atoms with Crippen LogP contribution in [0.25, 0.3) is 0 Å². The molecule has 0 fully saturated rings. The molecular formula is C14H17NO3. The number of carbonyl (C=O) groups is 1. The third-order valence-corrected chi connectivity index (χ3v) is 2.95. The molecule has 18 heavy (non-hydrogen) atoms. The molecule has 4 heteroatoms. The van der Waals surface area contributed by atoms with E-state index in [9.17, 15) is 9.59 Å². The third kappa shape index (κ3) is 3.05. The minimum Gasteiger partial charge on any atom is -0.432 e. The molecule has 1 aromatic rings. The summed E-state index contributed by atoms with van der Waals surface area (Å²) in [5, 5.41) is 0. The zero-order valence-corrected chi connectivity index (χ0v) is 11.1. The first-order valence-electron chi connectivity index (χ1n) is 5.67. The fourth-order valence-electron chi connectivity index (χ4n) is 1.24. The lowest BCUT2D eigenvalue weighted by Crippen LogP contribution is -2.42. The van der Waals surface area contributed by atoms with Gasteiger partial charge in [0.25, 0.3) is 0 Å². The summed E-state index contributed by atoms with van der Waals surface area (Å²) >= 11 is 0. The van der Waals surface area contributed by atoms with Crippen molar-refractivity contribution in [3.8, 4) is 0 Å². The molecule has 0 N–H and O–H groups in total. The summed E-state index contributed by atoms with van der Waals surface area (Å²) in [5.41, 5.74) is -1.31. The average Bonchev–Trinajstić information content (AvgIpc) is 2.29. The van der Waals surface area contributed by atoms with Gasteiger partial charge in [0.2, 0.25) is 11.8 Å². The quantitative estimate of drug-likeness (QED) is 0.469. The number of benzene rings is 1. The second-order valence-corrected chi connectivity index (χ2v) is 5.19. The van der Waals surface area contributed by atoms with Gasteiger partial charge in [-0.3, -0.25) is 0 Å². The minimum absolute atomic E-state index is 0.425. The lowest BCUT2D eigenvalue weighted by Gasteiger charge is -2.36. The summed E-state index contributed by atoms with van der Waals surface area (Å²) in [4.78, 5) is 26.1. The molecule has 4 nitrogen and oxygen atoms in total. The molecule has 1 rings (SSSR count). The zero-order valence-electron chi connectivity index (χ0n) is 11.1. The van der Waals surface area contributed by atoms with Gasteiger partial charge in [0, 0.05) is 5.41 Å². The lowest BCUT2D eigenvalue weighted by molar-refractivity contribution is -0.0613. The van der Waals surface area contributed by atoms with Crippen molar-refractivity contribution >= 4 is 12.0 Å². The van der Waals surface area contributed by atoms with Crippen molar-refractivity contribution in [2.75, 3.05) is 0 Å². The fraction of sp³-hybridized carbons (Fsp3) is 0.429. The van der Waals surface area contributed by atoms with E-state index >= 15 is 0 Å². The lowest BCUT2D eigenvalue weighted by atomic mass is 9.84. The van der Waals surface area contributed by atoms with E-state index in [1.165, 1.54) is 6.08 Å². The molecule has 0 bridgehead atoms. The highest BCUT2D eigenvalue weighted by Gasteiger charge is 2.41. The van der Waals surface area contributed by atoms with Crippen LogP contribution in [0.1, 0.15) is 38.1 Å². The Balaban J connectivity index is 3.00. The molecule has 96 valence electrons. The van der Waals surface area contributed by atoms with Crippen LogP contribution in [0, 0.1) is 5.41 Å². The summed E-state index contributed by atoms with van der Waals surface area (Å²) in [6.07, 6.45) is 1.47. The van der Waals surface area contributed by atoms with Gasteiger partial charge in [-0.25, -0.2) is 9.59 Å². The Hall–Kier alpha value is -1.93. The number of nitrogens with zero attached hydrogens (tertiary/aromatic N) is 1. The van der Waals surface area contributed by atoms with Crippen molar-refractivity contribution in [1.29, 1.82) is 0 Å². The van der Waals surface area contributed by atoms with Gasteiger partial charge in [0.05, 0.1) is 5.56 Å². The molecule has 0 aliphatic rings. The summed E-state index contributed by atoms with van der Waals surface area (Å²) in [6, 6.07) is 8.59. The van der Waals surface area contributed by atoms with Gasteiger partial charge >= 0.3 is 5.97 Å². The second kappa shape index (κ2) is 5.15.